The van der Waals surface area contributed by atoms with Crippen molar-refractivity contribution in [1.82, 2.24) is 5.32 Å². The smallest absolute Gasteiger partial charge is 0.120 e. The third kappa shape index (κ3) is 2.13. The number of rotatable bonds is 4. The molecule has 2 atom stereocenters. The predicted molar refractivity (Wildman–Crippen MR) is 52.4 cm³/mol. The minimum absolute atomic E-state index is 0.339. The summed E-state index contributed by atoms with van der Waals surface area (Å²) in [4.78, 5) is 0. The average molecular weight is 179 g/mol. The number of furan rings is 1. The first kappa shape index (κ1) is 8.82. The topological polar surface area (TPSA) is 25.2 Å². The highest BCUT2D eigenvalue weighted by Crippen LogP contribution is 2.33. The quantitative estimate of drug-likeness (QED) is 0.768. The van der Waals surface area contributed by atoms with E-state index >= 15 is 0 Å². The summed E-state index contributed by atoms with van der Waals surface area (Å²) in [5.74, 6) is 1.94. The van der Waals surface area contributed by atoms with Crippen molar-refractivity contribution in [2.24, 2.45) is 5.92 Å². The van der Waals surface area contributed by atoms with Crippen LogP contribution in [-0.2, 0) is 0 Å². The molecule has 1 aliphatic rings. The summed E-state index contributed by atoms with van der Waals surface area (Å²) in [5.41, 5.74) is 0. The van der Waals surface area contributed by atoms with Gasteiger partial charge in [-0.15, -0.1) is 0 Å². The fourth-order valence-corrected chi connectivity index (χ4v) is 1.75. The molecule has 1 aliphatic carbocycles. The largest absolute Gasteiger partial charge is 0.468 e. The molecule has 2 heteroatoms. The Morgan fingerprint density at radius 3 is 2.77 bits per heavy atom. The van der Waals surface area contributed by atoms with Gasteiger partial charge in [-0.05, 0) is 44.7 Å². The van der Waals surface area contributed by atoms with Gasteiger partial charge in [0, 0.05) is 6.04 Å². The number of hydrogen-bond donors (Lipinski definition) is 1. The lowest BCUT2D eigenvalue weighted by Crippen LogP contribution is -2.30. The molecule has 0 amide bonds. The van der Waals surface area contributed by atoms with Gasteiger partial charge in [0.15, 0.2) is 0 Å². The maximum absolute atomic E-state index is 5.33. The van der Waals surface area contributed by atoms with Crippen LogP contribution in [0.2, 0.25) is 0 Å². The fraction of sp³-hybridized carbons (Fsp3) is 0.636. The van der Waals surface area contributed by atoms with Crippen molar-refractivity contribution in [2.75, 3.05) is 0 Å². The molecular weight excluding hydrogens is 162 g/mol. The van der Waals surface area contributed by atoms with E-state index in [4.69, 9.17) is 4.42 Å². The number of hydrogen-bond acceptors (Lipinski definition) is 2. The molecule has 0 aliphatic heterocycles. The molecule has 0 saturated heterocycles. The average Bonchev–Trinajstić information content (AvgIpc) is 2.81. The van der Waals surface area contributed by atoms with Crippen LogP contribution in [0.25, 0.3) is 0 Å². The van der Waals surface area contributed by atoms with E-state index in [1.807, 2.05) is 12.1 Å². The van der Waals surface area contributed by atoms with E-state index in [1.165, 1.54) is 12.8 Å². The maximum atomic E-state index is 5.33. The molecule has 1 heterocycles. The lowest BCUT2D eigenvalue weighted by atomic mass is 10.1. The molecule has 2 nitrogen and oxygen atoms in total. The molecular formula is C11H17NO. The van der Waals surface area contributed by atoms with Crippen LogP contribution in [0.5, 0.6) is 0 Å². The van der Waals surface area contributed by atoms with Crippen LogP contribution >= 0.6 is 0 Å². The highest BCUT2D eigenvalue weighted by Gasteiger charge is 2.28. The van der Waals surface area contributed by atoms with Gasteiger partial charge >= 0.3 is 0 Å². The van der Waals surface area contributed by atoms with Gasteiger partial charge in [0.25, 0.3) is 0 Å². The van der Waals surface area contributed by atoms with Crippen molar-refractivity contribution < 1.29 is 4.42 Å². The molecule has 1 saturated carbocycles. The van der Waals surface area contributed by atoms with E-state index in [9.17, 15) is 0 Å². The third-order valence-electron chi connectivity index (χ3n) is 2.81. The van der Waals surface area contributed by atoms with Gasteiger partial charge in [0.2, 0.25) is 0 Å². The van der Waals surface area contributed by atoms with E-state index < -0.39 is 0 Å². The monoisotopic (exact) mass is 179 g/mol. The molecule has 1 aromatic heterocycles. The summed E-state index contributed by atoms with van der Waals surface area (Å²) in [6, 6.07) is 4.93. The summed E-state index contributed by atoms with van der Waals surface area (Å²) in [5, 5.41) is 3.55. The lowest BCUT2D eigenvalue weighted by Gasteiger charge is -2.17. The van der Waals surface area contributed by atoms with E-state index in [1.54, 1.807) is 6.26 Å². The van der Waals surface area contributed by atoms with Crippen molar-refractivity contribution in [1.29, 1.82) is 0 Å². The van der Waals surface area contributed by atoms with Crippen LogP contribution in [0, 0.1) is 5.92 Å². The van der Waals surface area contributed by atoms with Crippen LogP contribution in [0.1, 0.15) is 38.5 Å². The van der Waals surface area contributed by atoms with Crippen LogP contribution in [0.3, 0.4) is 0 Å². The van der Waals surface area contributed by atoms with Crippen LogP contribution in [0.4, 0.5) is 0 Å². The molecule has 0 radical (unpaired) electrons. The van der Waals surface area contributed by atoms with Gasteiger partial charge in [0.05, 0.1) is 12.3 Å². The molecule has 1 unspecified atom stereocenters. The molecule has 0 aromatic carbocycles. The van der Waals surface area contributed by atoms with Crippen molar-refractivity contribution in [3.8, 4) is 0 Å². The van der Waals surface area contributed by atoms with E-state index in [2.05, 4.69) is 19.2 Å². The minimum atomic E-state index is 0.339. The van der Waals surface area contributed by atoms with Gasteiger partial charge in [-0.3, -0.25) is 0 Å². The molecule has 1 N–H and O–H groups in total. The summed E-state index contributed by atoms with van der Waals surface area (Å²) < 4.78 is 5.33. The van der Waals surface area contributed by atoms with Gasteiger partial charge in [0.1, 0.15) is 5.76 Å². The zero-order valence-corrected chi connectivity index (χ0v) is 8.29. The molecule has 72 valence electrons. The SMILES string of the molecule is CC(N[C@H](C)c1ccco1)C1CC1. The van der Waals surface area contributed by atoms with Crippen molar-refractivity contribution in [3.63, 3.8) is 0 Å². The summed E-state index contributed by atoms with van der Waals surface area (Å²) >= 11 is 0. The first-order valence-electron chi connectivity index (χ1n) is 5.07. The molecule has 0 spiro atoms. The standard InChI is InChI=1S/C11H17NO/c1-8(10-5-6-10)12-9(2)11-4-3-7-13-11/h3-4,7-10,12H,5-6H2,1-2H3/t8?,9-/m1/s1. The second kappa shape index (κ2) is 3.54. The van der Waals surface area contributed by atoms with E-state index in [0.717, 1.165) is 11.7 Å². The predicted octanol–water partition coefficient (Wildman–Crippen LogP) is 2.73. The Morgan fingerprint density at radius 1 is 1.46 bits per heavy atom. The Balaban J connectivity index is 1.87. The molecule has 13 heavy (non-hydrogen) atoms. The normalized spacial score (nSPS) is 21.4. The lowest BCUT2D eigenvalue weighted by molar-refractivity contribution is 0.380. The van der Waals surface area contributed by atoms with Crippen LogP contribution in [-0.4, -0.2) is 6.04 Å². The zero-order valence-electron chi connectivity index (χ0n) is 8.29. The second-order valence-electron chi connectivity index (χ2n) is 4.03. The molecule has 1 aromatic rings. The van der Waals surface area contributed by atoms with E-state index in [-0.39, 0.29) is 0 Å². The molecule has 1 fully saturated rings. The first-order valence-corrected chi connectivity index (χ1v) is 5.07. The van der Waals surface area contributed by atoms with Crippen LogP contribution < -0.4 is 5.32 Å². The first-order chi connectivity index (χ1) is 6.27. The Hall–Kier alpha value is -0.760. The third-order valence-corrected chi connectivity index (χ3v) is 2.81. The second-order valence-corrected chi connectivity index (χ2v) is 4.03. The highest BCUT2D eigenvalue weighted by atomic mass is 16.3. The summed E-state index contributed by atoms with van der Waals surface area (Å²) in [6.45, 7) is 4.41. The number of nitrogens with one attached hydrogen (secondary N) is 1. The van der Waals surface area contributed by atoms with Crippen LogP contribution in [0.15, 0.2) is 22.8 Å². The Kier molecular flexibility index (Phi) is 2.40. The summed E-state index contributed by atoms with van der Waals surface area (Å²) in [6.07, 6.45) is 4.51. The van der Waals surface area contributed by atoms with Gasteiger partial charge in [-0.2, -0.15) is 0 Å². The van der Waals surface area contributed by atoms with Gasteiger partial charge in [-0.1, -0.05) is 0 Å². The Labute approximate surface area is 79.3 Å². The van der Waals surface area contributed by atoms with Gasteiger partial charge < -0.3 is 9.73 Å². The maximum Gasteiger partial charge on any atom is 0.120 e. The summed E-state index contributed by atoms with van der Waals surface area (Å²) in [7, 11) is 0. The zero-order chi connectivity index (χ0) is 9.26. The Morgan fingerprint density at radius 2 is 2.23 bits per heavy atom. The van der Waals surface area contributed by atoms with E-state index in [0.29, 0.717) is 12.1 Å². The van der Waals surface area contributed by atoms with Crippen molar-refractivity contribution >= 4 is 0 Å². The highest BCUT2D eigenvalue weighted by molar-refractivity contribution is 5.03. The molecule has 0 bridgehead atoms. The minimum Gasteiger partial charge on any atom is -0.468 e. The van der Waals surface area contributed by atoms with Crippen molar-refractivity contribution in [3.05, 3.63) is 24.2 Å². The Bertz CT molecular complexity index is 251. The van der Waals surface area contributed by atoms with Crippen molar-refractivity contribution in [2.45, 2.75) is 38.8 Å². The van der Waals surface area contributed by atoms with Gasteiger partial charge in [-0.25, -0.2) is 0 Å². The fourth-order valence-electron chi connectivity index (χ4n) is 1.75. The molecule has 2 rings (SSSR count).